The maximum absolute atomic E-state index is 12.1. The molecule has 0 radical (unpaired) electrons. The zero-order valence-corrected chi connectivity index (χ0v) is 14.8. The molecule has 0 saturated carbocycles. The summed E-state index contributed by atoms with van der Waals surface area (Å²) < 4.78 is 5.48. The van der Waals surface area contributed by atoms with Crippen LogP contribution in [-0.4, -0.2) is 0 Å². The van der Waals surface area contributed by atoms with Gasteiger partial charge in [-0.2, -0.15) is 0 Å². The Labute approximate surface area is 139 Å². The molecule has 0 amide bonds. The van der Waals surface area contributed by atoms with Crippen molar-refractivity contribution in [3.8, 4) is 0 Å². The van der Waals surface area contributed by atoms with Crippen molar-refractivity contribution in [3.63, 3.8) is 0 Å². The highest BCUT2D eigenvalue weighted by atomic mass is 16.4. The Bertz CT molecular complexity index is 623. The molecule has 1 atom stereocenters. The van der Waals surface area contributed by atoms with Crippen molar-refractivity contribution < 1.29 is 4.42 Å². The molecule has 1 aromatic rings. The first-order valence-electron chi connectivity index (χ1n) is 8.29. The van der Waals surface area contributed by atoms with Crippen molar-refractivity contribution >= 4 is 5.57 Å². The molecule has 0 fully saturated rings. The second-order valence-electron chi connectivity index (χ2n) is 6.20. The minimum Gasteiger partial charge on any atom is -0.427 e. The van der Waals surface area contributed by atoms with Crippen LogP contribution in [0.15, 0.2) is 52.5 Å². The van der Waals surface area contributed by atoms with Crippen molar-refractivity contribution in [2.75, 3.05) is 0 Å². The highest BCUT2D eigenvalue weighted by Gasteiger charge is 2.13. The third kappa shape index (κ3) is 5.93. The summed E-state index contributed by atoms with van der Waals surface area (Å²) in [4.78, 5) is 12.1. The molecule has 0 aromatic carbocycles. The summed E-state index contributed by atoms with van der Waals surface area (Å²) in [6.07, 6.45) is 6.74. The van der Waals surface area contributed by atoms with E-state index in [9.17, 15) is 4.79 Å². The number of allylic oxidation sites excluding steroid dienone is 3. The summed E-state index contributed by atoms with van der Waals surface area (Å²) in [6.45, 7) is 16.0. The van der Waals surface area contributed by atoms with Crippen LogP contribution in [0.1, 0.15) is 64.2 Å². The summed E-state index contributed by atoms with van der Waals surface area (Å²) in [5.74, 6) is 1.16. The fraction of sp³-hybridized carbons (Fsp3) is 0.450. The quantitative estimate of drug-likeness (QED) is 0.679. The normalized spacial score (nSPS) is 12.6. The van der Waals surface area contributed by atoms with Crippen LogP contribution >= 0.6 is 0 Å². The molecule has 126 valence electrons. The Morgan fingerprint density at radius 1 is 1.30 bits per heavy atom. The predicted molar refractivity (Wildman–Crippen MR) is 98.2 cm³/mol. The van der Waals surface area contributed by atoms with Gasteiger partial charge in [0.25, 0.3) is 0 Å². The van der Waals surface area contributed by atoms with Gasteiger partial charge in [-0.1, -0.05) is 46.9 Å². The van der Waals surface area contributed by atoms with Gasteiger partial charge in [0.2, 0.25) is 0 Å². The van der Waals surface area contributed by atoms with Crippen molar-refractivity contribution in [2.24, 2.45) is 5.92 Å². The van der Waals surface area contributed by atoms with Crippen molar-refractivity contribution in [2.45, 2.75) is 52.9 Å². The SMILES string of the molecule is C=C(CC)N/C=C/CCC(C)c1ccc(C(=C)C(C)C)c(=O)o1. The lowest BCUT2D eigenvalue weighted by molar-refractivity contribution is 0.420. The molecule has 1 aromatic heterocycles. The van der Waals surface area contributed by atoms with Gasteiger partial charge in [-0.05, 0) is 49.1 Å². The molecule has 23 heavy (non-hydrogen) atoms. The van der Waals surface area contributed by atoms with Gasteiger partial charge in [-0.25, -0.2) is 4.79 Å². The van der Waals surface area contributed by atoms with Gasteiger partial charge in [-0.15, -0.1) is 0 Å². The smallest absolute Gasteiger partial charge is 0.343 e. The van der Waals surface area contributed by atoms with E-state index in [1.807, 2.05) is 32.2 Å². The molecule has 1 unspecified atom stereocenters. The highest BCUT2D eigenvalue weighted by Crippen LogP contribution is 2.23. The molecule has 0 aliphatic heterocycles. The van der Waals surface area contributed by atoms with Gasteiger partial charge in [0.1, 0.15) is 5.76 Å². The van der Waals surface area contributed by atoms with Gasteiger partial charge in [0.05, 0.1) is 5.56 Å². The fourth-order valence-corrected chi connectivity index (χ4v) is 2.09. The second-order valence-corrected chi connectivity index (χ2v) is 6.20. The van der Waals surface area contributed by atoms with Crippen LogP contribution in [0.5, 0.6) is 0 Å². The molecule has 1 rings (SSSR count). The molecule has 3 nitrogen and oxygen atoms in total. The first-order valence-corrected chi connectivity index (χ1v) is 8.29. The monoisotopic (exact) mass is 315 g/mol. The fourth-order valence-electron chi connectivity index (χ4n) is 2.09. The first-order chi connectivity index (χ1) is 10.9. The van der Waals surface area contributed by atoms with E-state index in [1.54, 1.807) is 0 Å². The maximum Gasteiger partial charge on any atom is 0.343 e. The Morgan fingerprint density at radius 3 is 2.57 bits per heavy atom. The van der Waals surface area contributed by atoms with Gasteiger partial charge >= 0.3 is 5.63 Å². The molecule has 0 saturated heterocycles. The average Bonchev–Trinajstić information content (AvgIpc) is 2.53. The highest BCUT2D eigenvalue weighted by molar-refractivity contribution is 5.63. The molecule has 0 aliphatic carbocycles. The Morgan fingerprint density at radius 2 is 2.00 bits per heavy atom. The largest absolute Gasteiger partial charge is 0.427 e. The third-order valence-corrected chi connectivity index (χ3v) is 3.97. The van der Waals surface area contributed by atoms with Crippen molar-refractivity contribution in [3.05, 3.63) is 65.0 Å². The molecule has 0 spiro atoms. The zero-order valence-electron chi connectivity index (χ0n) is 14.8. The maximum atomic E-state index is 12.1. The van der Waals surface area contributed by atoms with E-state index in [0.717, 1.165) is 36.3 Å². The molecule has 0 aliphatic rings. The van der Waals surface area contributed by atoms with Crippen LogP contribution in [0.3, 0.4) is 0 Å². The van der Waals surface area contributed by atoms with E-state index in [0.29, 0.717) is 5.56 Å². The van der Waals surface area contributed by atoms with Crippen LogP contribution in [0, 0.1) is 5.92 Å². The standard InChI is InChI=1S/C20H29NO2/c1-7-16(5)21-13-9-8-10-15(4)19-12-11-18(20(22)23-19)17(6)14(2)3/h9,11-15,21H,5-8,10H2,1-4H3/b13-9+. The van der Waals surface area contributed by atoms with Crippen LogP contribution in [0.25, 0.3) is 5.57 Å². The predicted octanol–water partition coefficient (Wildman–Crippen LogP) is 5.22. The number of nitrogens with one attached hydrogen (secondary N) is 1. The van der Waals surface area contributed by atoms with Gasteiger partial charge in [0.15, 0.2) is 0 Å². The summed E-state index contributed by atoms with van der Waals surface area (Å²) in [6, 6.07) is 3.73. The topological polar surface area (TPSA) is 42.2 Å². The molecule has 3 heteroatoms. The van der Waals surface area contributed by atoms with E-state index >= 15 is 0 Å². The lowest BCUT2D eigenvalue weighted by Gasteiger charge is -2.12. The zero-order chi connectivity index (χ0) is 17.4. The Kier molecular flexibility index (Phi) is 7.60. The summed E-state index contributed by atoms with van der Waals surface area (Å²) in [7, 11) is 0. The number of rotatable bonds is 9. The van der Waals surface area contributed by atoms with Crippen LogP contribution in [0.4, 0.5) is 0 Å². The summed E-state index contributed by atoms with van der Waals surface area (Å²) in [5.41, 5.74) is 2.12. The van der Waals surface area contributed by atoms with Gasteiger partial charge in [-0.3, -0.25) is 0 Å². The van der Waals surface area contributed by atoms with Crippen molar-refractivity contribution in [1.82, 2.24) is 5.32 Å². The lowest BCUT2D eigenvalue weighted by atomic mass is 9.97. The summed E-state index contributed by atoms with van der Waals surface area (Å²) in [5, 5.41) is 3.13. The van der Waals surface area contributed by atoms with Crippen LogP contribution < -0.4 is 10.9 Å². The lowest BCUT2D eigenvalue weighted by Crippen LogP contribution is -2.11. The van der Waals surface area contributed by atoms with E-state index in [4.69, 9.17) is 4.42 Å². The van der Waals surface area contributed by atoms with Gasteiger partial charge in [0, 0.05) is 11.6 Å². The Balaban J connectivity index is 2.62. The van der Waals surface area contributed by atoms with Gasteiger partial charge < -0.3 is 9.73 Å². The van der Waals surface area contributed by atoms with Crippen LogP contribution in [-0.2, 0) is 0 Å². The number of hydrogen-bond donors (Lipinski definition) is 1. The van der Waals surface area contributed by atoms with Crippen LogP contribution in [0.2, 0.25) is 0 Å². The van der Waals surface area contributed by atoms with E-state index in [-0.39, 0.29) is 17.5 Å². The number of hydrogen-bond acceptors (Lipinski definition) is 3. The molecule has 1 heterocycles. The minimum absolute atomic E-state index is 0.197. The molecule has 1 N–H and O–H groups in total. The van der Waals surface area contributed by atoms with E-state index < -0.39 is 0 Å². The minimum atomic E-state index is -0.287. The molecule has 0 bridgehead atoms. The third-order valence-electron chi connectivity index (χ3n) is 3.97. The second kappa shape index (κ2) is 9.19. The van der Waals surface area contributed by atoms with E-state index in [1.165, 1.54) is 0 Å². The van der Waals surface area contributed by atoms with Crippen molar-refractivity contribution in [1.29, 1.82) is 0 Å². The average molecular weight is 315 g/mol. The first kappa shape index (κ1) is 19.0. The summed E-state index contributed by atoms with van der Waals surface area (Å²) >= 11 is 0. The Hall–Kier alpha value is -2.03. The molecular weight excluding hydrogens is 286 g/mol. The molecular formula is C20H29NO2. The van der Waals surface area contributed by atoms with E-state index in [2.05, 4.69) is 38.4 Å².